The van der Waals surface area contributed by atoms with Crippen LogP contribution in [0.1, 0.15) is 39.6 Å². The Morgan fingerprint density at radius 3 is 2.31 bits per heavy atom. The maximum Gasteiger partial charge on any atom is 0.410 e. The molecule has 0 aliphatic carbocycles. The highest BCUT2D eigenvalue weighted by Gasteiger charge is 2.29. The zero-order valence-electron chi connectivity index (χ0n) is 16.9. The molecule has 29 heavy (non-hydrogen) atoms. The Kier molecular flexibility index (Phi) is 5.48. The SMILES string of the molecule is CC(N)c1nc2c(F)ccc(F)c2c(=O)n1N1CCN(C(=O)OC(C)(C)C)CC1. The molecule has 2 aromatic rings. The number of nitrogens with two attached hydrogens (primary N) is 1. The number of benzene rings is 1. The molecular weight excluding hydrogens is 384 g/mol. The van der Waals surface area contributed by atoms with Crippen molar-refractivity contribution in [1.82, 2.24) is 14.6 Å². The lowest BCUT2D eigenvalue weighted by Gasteiger charge is -2.38. The Bertz CT molecular complexity index is 992. The molecule has 158 valence electrons. The van der Waals surface area contributed by atoms with E-state index in [1.165, 1.54) is 9.58 Å². The van der Waals surface area contributed by atoms with E-state index in [2.05, 4.69) is 4.98 Å². The molecule has 0 spiro atoms. The number of nitrogens with zero attached hydrogens (tertiary/aromatic N) is 4. The smallest absolute Gasteiger partial charge is 0.410 e. The van der Waals surface area contributed by atoms with Gasteiger partial charge in [-0.3, -0.25) is 4.79 Å². The van der Waals surface area contributed by atoms with Crippen molar-refractivity contribution in [3.8, 4) is 0 Å². The Morgan fingerprint density at radius 1 is 1.17 bits per heavy atom. The maximum absolute atomic E-state index is 14.3. The minimum atomic E-state index is -0.851. The van der Waals surface area contributed by atoms with E-state index in [-0.39, 0.29) is 24.4 Å². The van der Waals surface area contributed by atoms with Crippen molar-refractivity contribution in [2.24, 2.45) is 5.73 Å². The molecule has 8 nitrogen and oxygen atoms in total. The molecule has 1 fully saturated rings. The van der Waals surface area contributed by atoms with Crippen LogP contribution < -0.4 is 16.3 Å². The summed E-state index contributed by atoms with van der Waals surface area (Å²) >= 11 is 0. The second kappa shape index (κ2) is 7.58. The Balaban J connectivity index is 1.96. The number of carbonyl (C=O) groups is 1. The first-order valence-electron chi connectivity index (χ1n) is 9.39. The molecule has 2 N–H and O–H groups in total. The van der Waals surface area contributed by atoms with Gasteiger partial charge < -0.3 is 20.4 Å². The molecule has 1 aromatic heterocycles. The number of amides is 1. The zero-order chi connectivity index (χ0) is 21.5. The van der Waals surface area contributed by atoms with Crippen molar-refractivity contribution in [2.75, 3.05) is 31.2 Å². The molecule has 0 saturated carbocycles. The highest BCUT2D eigenvalue weighted by Crippen LogP contribution is 2.19. The number of ether oxygens (including phenoxy) is 1. The summed E-state index contributed by atoms with van der Waals surface area (Å²) in [6.07, 6.45) is -0.443. The standard InChI is InChI=1S/C19H25F2N5O3/c1-11(22)16-23-15-13(21)6-5-12(20)14(15)17(27)26(16)25-9-7-24(8-10-25)18(28)29-19(2,3)4/h5-6,11H,7-10,22H2,1-4H3. The Labute approximate surface area is 166 Å². The molecule has 3 rings (SSSR count). The predicted octanol–water partition coefficient (Wildman–Crippen LogP) is 1.88. The molecule has 1 amide bonds. The minimum Gasteiger partial charge on any atom is -0.444 e. The minimum absolute atomic E-state index is 0.123. The quantitative estimate of drug-likeness (QED) is 0.814. The van der Waals surface area contributed by atoms with E-state index in [0.717, 1.165) is 12.1 Å². The third-order valence-electron chi connectivity index (χ3n) is 4.53. The summed E-state index contributed by atoms with van der Waals surface area (Å²) in [7, 11) is 0. The first-order valence-corrected chi connectivity index (χ1v) is 9.39. The second-order valence-corrected chi connectivity index (χ2v) is 8.05. The molecule has 1 atom stereocenters. The summed E-state index contributed by atoms with van der Waals surface area (Å²) < 4.78 is 35.0. The van der Waals surface area contributed by atoms with Gasteiger partial charge in [0.05, 0.1) is 19.1 Å². The number of halogens is 2. The van der Waals surface area contributed by atoms with Crippen molar-refractivity contribution < 1.29 is 18.3 Å². The average Bonchev–Trinajstić information content (AvgIpc) is 2.63. The summed E-state index contributed by atoms with van der Waals surface area (Å²) in [6.45, 7) is 8.11. The van der Waals surface area contributed by atoms with E-state index in [1.54, 1.807) is 32.7 Å². The fraction of sp³-hybridized carbons (Fsp3) is 0.526. The van der Waals surface area contributed by atoms with E-state index < -0.39 is 40.3 Å². The molecule has 0 bridgehead atoms. The maximum atomic E-state index is 14.3. The second-order valence-electron chi connectivity index (χ2n) is 8.05. The van der Waals surface area contributed by atoms with Crippen molar-refractivity contribution in [3.05, 3.63) is 39.9 Å². The van der Waals surface area contributed by atoms with Crippen LogP contribution in [-0.2, 0) is 4.74 Å². The molecule has 1 saturated heterocycles. The summed E-state index contributed by atoms with van der Waals surface area (Å²) in [4.78, 5) is 31.0. The van der Waals surface area contributed by atoms with Crippen LogP contribution in [0.5, 0.6) is 0 Å². The third kappa shape index (κ3) is 4.16. The van der Waals surface area contributed by atoms with Gasteiger partial charge in [0.1, 0.15) is 34.0 Å². The number of rotatable bonds is 2. The lowest BCUT2D eigenvalue weighted by molar-refractivity contribution is 0.0231. The van der Waals surface area contributed by atoms with Gasteiger partial charge in [-0.05, 0) is 39.8 Å². The van der Waals surface area contributed by atoms with Crippen molar-refractivity contribution in [1.29, 1.82) is 0 Å². The normalized spacial score (nSPS) is 16.2. The number of piperazine rings is 1. The molecule has 1 unspecified atom stereocenters. The van der Waals surface area contributed by atoms with Crippen molar-refractivity contribution in [3.63, 3.8) is 0 Å². The number of fused-ring (bicyclic) bond motifs is 1. The van der Waals surface area contributed by atoms with Crippen LogP contribution in [-0.4, -0.2) is 52.4 Å². The van der Waals surface area contributed by atoms with Crippen LogP contribution in [0.15, 0.2) is 16.9 Å². The number of hydrogen-bond acceptors (Lipinski definition) is 6. The largest absolute Gasteiger partial charge is 0.444 e. The number of hydrogen-bond donors (Lipinski definition) is 1. The highest BCUT2D eigenvalue weighted by molar-refractivity contribution is 5.79. The van der Waals surface area contributed by atoms with Gasteiger partial charge in [-0.25, -0.2) is 23.2 Å². The van der Waals surface area contributed by atoms with Gasteiger partial charge in [0.15, 0.2) is 0 Å². The van der Waals surface area contributed by atoms with Gasteiger partial charge in [0.25, 0.3) is 5.56 Å². The fourth-order valence-corrected chi connectivity index (χ4v) is 3.20. The molecule has 0 radical (unpaired) electrons. The van der Waals surface area contributed by atoms with Crippen molar-refractivity contribution >= 4 is 17.0 Å². The fourth-order valence-electron chi connectivity index (χ4n) is 3.20. The van der Waals surface area contributed by atoms with Gasteiger partial charge >= 0.3 is 6.09 Å². The van der Waals surface area contributed by atoms with E-state index in [0.29, 0.717) is 13.1 Å². The molecule has 2 heterocycles. The first kappa shape index (κ1) is 21.0. The number of carbonyl (C=O) groups excluding carboxylic acids is 1. The van der Waals surface area contributed by atoms with Crippen LogP contribution in [0.3, 0.4) is 0 Å². The van der Waals surface area contributed by atoms with Gasteiger partial charge in [-0.15, -0.1) is 0 Å². The monoisotopic (exact) mass is 409 g/mol. The highest BCUT2D eigenvalue weighted by atomic mass is 19.1. The lowest BCUT2D eigenvalue weighted by Crippen LogP contribution is -2.57. The molecule has 1 aliphatic rings. The Hall–Kier alpha value is -2.75. The van der Waals surface area contributed by atoms with Gasteiger partial charge in [-0.2, -0.15) is 0 Å². The summed E-state index contributed by atoms with van der Waals surface area (Å²) in [5.41, 5.74) is 4.28. The summed E-state index contributed by atoms with van der Waals surface area (Å²) in [5.74, 6) is -1.52. The lowest BCUT2D eigenvalue weighted by atomic mass is 10.2. The molecule has 10 heteroatoms. The zero-order valence-corrected chi connectivity index (χ0v) is 16.9. The summed E-state index contributed by atoms with van der Waals surface area (Å²) in [5, 5.41) is 1.21. The van der Waals surface area contributed by atoms with Crippen LogP contribution in [0.25, 0.3) is 10.9 Å². The van der Waals surface area contributed by atoms with Gasteiger partial charge in [0, 0.05) is 13.1 Å². The van der Waals surface area contributed by atoms with Crippen LogP contribution in [0, 0.1) is 11.6 Å². The first-order chi connectivity index (χ1) is 13.5. The predicted molar refractivity (Wildman–Crippen MR) is 104 cm³/mol. The average molecular weight is 409 g/mol. The number of aromatic nitrogens is 2. The molecule has 1 aromatic carbocycles. The van der Waals surface area contributed by atoms with Gasteiger partial charge in [-0.1, -0.05) is 0 Å². The van der Waals surface area contributed by atoms with Crippen LogP contribution in [0.4, 0.5) is 13.6 Å². The summed E-state index contributed by atoms with van der Waals surface area (Å²) in [6, 6.07) is 1.13. The molecular formula is C19H25F2N5O3. The topological polar surface area (TPSA) is 93.7 Å². The van der Waals surface area contributed by atoms with Gasteiger partial charge in [0.2, 0.25) is 0 Å². The molecule has 1 aliphatic heterocycles. The van der Waals surface area contributed by atoms with Crippen molar-refractivity contribution in [2.45, 2.75) is 39.3 Å². The third-order valence-corrected chi connectivity index (χ3v) is 4.53. The van der Waals surface area contributed by atoms with E-state index in [1.807, 2.05) is 0 Å². The van der Waals surface area contributed by atoms with Crippen LogP contribution >= 0.6 is 0 Å². The Morgan fingerprint density at radius 2 is 1.76 bits per heavy atom. The van der Waals surface area contributed by atoms with E-state index >= 15 is 0 Å². The van der Waals surface area contributed by atoms with Crippen LogP contribution in [0.2, 0.25) is 0 Å². The van der Waals surface area contributed by atoms with E-state index in [4.69, 9.17) is 10.5 Å². The van der Waals surface area contributed by atoms with E-state index in [9.17, 15) is 18.4 Å².